The molecular formula is C25H28N2O3. The van der Waals surface area contributed by atoms with Gasteiger partial charge in [-0.25, -0.2) is 0 Å². The molecule has 0 aromatic heterocycles. The summed E-state index contributed by atoms with van der Waals surface area (Å²) in [6.07, 6.45) is 0. The lowest BCUT2D eigenvalue weighted by molar-refractivity contribution is -0.123. The number of nitrogens with one attached hydrogen (secondary N) is 2. The highest BCUT2D eigenvalue weighted by Gasteiger charge is 2.20. The predicted octanol–water partition coefficient (Wildman–Crippen LogP) is 3.96. The summed E-state index contributed by atoms with van der Waals surface area (Å²) in [4.78, 5) is 12.8. The van der Waals surface area contributed by atoms with E-state index in [9.17, 15) is 4.79 Å². The molecule has 0 aliphatic rings. The smallest absolute Gasteiger partial charge is 0.237 e. The zero-order valence-electron chi connectivity index (χ0n) is 17.4. The maximum Gasteiger partial charge on any atom is 0.237 e. The van der Waals surface area contributed by atoms with Crippen molar-refractivity contribution in [3.8, 4) is 11.5 Å². The topological polar surface area (TPSA) is 59.6 Å². The average molecular weight is 405 g/mol. The fourth-order valence-electron chi connectivity index (χ4n) is 3.13. The van der Waals surface area contributed by atoms with Crippen LogP contribution in [0.15, 0.2) is 84.9 Å². The Labute approximate surface area is 178 Å². The van der Waals surface area contributed by atoms with E-state index in [-0.39, 0.29) is 18.0 Å². The first-order valence-electron chi connectivity index (χ1n) is 10.1. The van der Waals surface area contributed by atoms with Crippen LogP contribution < -0.4 is 20.1 Å². The fraction of sp³-hybridized carbons (Fsp3) is 0.240. The molecule has 1 amide bonds. The molecule has 3 rings (SSSR count). The minimum absolute atomic E-state index is 0.0582. The number of carbonyl (C=O) groups excluding carboxylic acids is 1. The molecular weight excluding hydrogens is 376 g/mol. The van der Waals surface area contributed by atoms with Gasteiger partial charge in [0.05, 0.1) is 19.2 Å². The van der Waals surface area contributed by atoms with E-state index in [0.29, 0.717) is 13.2 Å². The van der Waals surface area contributed by atoms with Gasteiger partial charge >= 0.3 is 0 Å². The van der Waals surface area contributed by atoms with E-state index in [1.807, 2.05) is 91.9 Å². The zero-order valence-corrected chi connectivity index (χ0v) is 17.4. The fourth-order valence-corrected chi connectivity index (χ4v) is 3.13. The van der Waals surface area contributed by atoms with E-state index in [0.717, 1.165) is 22.6 Å². The van der Waals surface area contributed by atoms with Crippen LogP contribution in [0.5, 0.6) is 11.5 Å². The summed E-state index contributed by atoms with van der Waals surface area (Å²) in [5.41, 5.74) is 2.10. The predicted molar refractivity (Wildman–Crippen MR) is 119 cm³/mol. The highest BCUT2D eigenvalue weighted by Crippen LogP contribution is 2.22. The number of amides is 1. The molecule has 0 saturated heterocycles. The summed E-state index contributed by atoms with van der Waals surface area (Å²) in [5.74, 6) is 1.50. The van der Waals surface area contributed by atoms with Crippen molar-refractivity contribution in [3.63, 3.8) is 0 Å². The van der Waals surface area contributed by atoms with Crippen molar-refractivity contribution in [1.82, 2.24) is 10.6 Å². The Morgan fingerprint density at radius 2 is 1.37 bits per heavy atom. The Balaban J connectivity index is 1.52. The molecule has 5 nitrogen and oxygen atoms in total. The van der Waals surface area contributed by atoms with Crippen LogP contribution in [0.4, 0.5) is 0 Å². The normalized spacial score (nSPS) is 11.7. The van der Waals surface area contributed by atoms with Gasteiger partial charge in [0.2, 0.25) is 5.91 Å². The average Bonchev–Trinajstić information content (AvgIpc) is 2.81. The van der Waals surface area contributed by atoms with Gasteiger partial charge in [0.1, 0.15) is 18.1 Å². The Hall–Kier alpha value is -3.31. The lowest BCUT2D eigenvalue weighted by Crippen LogP contribution is -2.44. The first-order valence-corrected chi connectivity index (χ1v) is 10.1. The summed E-state index contributed by atoms with van der Waals surface area (Å²) < 4.78 is 10.8. The van der Waals surface area contributed by atoms with Gasteiger partial charge in [0, 0.05) is 6.54 Å². The molecule has 0 fully saturated rings. The molecule has 3 aromatic carbocycles. The molecule has 0 heterocycles. The molecule has 2 N–H and O–H groups in total. The number of ether oxygens (including phenoxy) is 2. The van der Waals surface area contributed by atoms with Gasteiger partial charge in [0.15, 0.2) is 0 Å². The molecule has 0 spiro atoms. The SMILES string of the molecule is COc1ccc(OCCN[C@H](C)C(=O)NC(c2ccccc2)c2ccccc2)cc1. The van der Waals surface area contributed by atoms with Crippen molar-refractivity contribution < 1.29 is 14.3 Å². The summed E-state index contributed by atoms with van der Waals surface area (Å²) in [7, 11) is 1.63. The Morgan fingerprint density at radius 3 is 1.90 bits per heavy atom. The van der Waals surface area contributed by atoms with Crippen LogP contribution in [0.25, 0.3) is 0 Å². The van der Waals surface area contributed by atoms with Gasteiger partial charge in [-0.2, -0.15) is 0 Å². The van der Waals surface area contributed by atoms with Crippen molar-refractivity contribution in [3.05, 3.63) is 96.1 Å². The molecule has 0 bridgehead atoms. The Morgan fingerprint density at radius 1 is 0.833 bits per heavy atom. The van der Waals surface area contributed by atoms with Gasteiger partial charge in [-0.3, -0.25) is 4.79 Å². The number of rotatable bonds is 10. The largest absolute Gasteiger partial charge is 0.497 e. The molecule has 30 heavy (non-hydrogen) atoms. The lowest BCUT2D eigenvalue weighted by atomic mass is 9.98. The molecule has 0 aliphatic heterocycles. The first kappa shape index (κ1) is 21.4. The van der Waals surface area contributed by atoms with E-state index < -0.39 is 0 Å². The molecule has 0 unspecified atom stereocenters. The third-order valence-corrected chi connectivity index (χ3v) is 4.83. The van der Waals surface area contributed by atoms with E-state index in [1.54, 1.807) is 7.11 Å². The Kier molecular flexibility index (Phi) is 7.86. The highest BCUT2D eigenvalue weighted by atomic mass is 16.5. The highest BCUT2D eigenvalue weighted by molar-refractivity contribution is 5.82. The third-order valence-electron chi connectivity index (χ3n) is 4.83. The third kappa shape index (κ3) is 6.09. The maximum atomic E-state index is 12.8. The van der Waals surface area contributed by atoms with Crippen molar-refractivity contribution in [2.45, 2.75) is 19.0 Å². The summed E-state index contributed by atoms with van der Waals surface area (Å²) in [6.45, 7) is 2.88. The van der Waals surface area contributed by atoms with Crippen LogP contribution in [-0.4, -0.2) is 32.2 Å². The van der Waals surface area contributed by atoms with Crippen molar-refractivity contribution in [2.75, 3.05) is 20.3 Å². The van der Waals surface area contributed by atoms with E-state index in [1.165, 1.54) is 0 Å². The number of hydrogen-bond acceptors (Lipinski definition) is 4. The van der Waals surface area contributed by atoms with Gasteiger partial charge in [-0.1, -0.05) is 60.7 Å². The molecule has 0 radical (unpaired) electrons. The second-order valence-electron chi connectivity index (χ2n) is 6.96. The van der Waals surface area contributed by atoms with Crippen LogP contribution in [-0.2, 0) is 4.79 Å². The number of methoxy groups -OCH3 is 1. The van der Waals surface area contributed by atoms with Crippen molar-refractivity contribution >= 4 is 5.91 Å². The molecule has 1 atom stereocenters. The number of benzene rings is 3. The second-order valence-corrected chi connectivity index (χ2v) is 6.96. The second kappa shape index (κ2) is 11.0. The number of hydrogen-bond donors (Lipinski definition) is 2. The maximum absolute atomic E-state index is 12.8. The lowest BCUT2D eigenvalue weighted by Gasteiger charge is -2.22. The van der Waals surface area contributed by atoms with Crippen LogP contribution in [0, 0.1) is 0 Å². The quantitative estimate of drug-likeness (QED) is 0.502. The van der Waals surface area contributed by atoms with Gasteiger partial charge in [0.25, 0.3) is 0 Å². The van der Waals surface area contributed by atoms with E-state index >= 15 is 0 Å². The van der Waals surface area contributed by atoms with Crippen LogP contribution in [0.1, 0.15) is 24.1 Å². The molecule has 0 saturated carbocycles. The summed E-state index contributed by atoms with van der Waals surface area (Å²) >= 11 is 0. The molecule has 5 heteroatoms. The van der Waals surface area contributed by atoms with E-state index in [2.05, 4.69) is 10.6 Å². The minimum Gasteiger partial charge on any atom is -0.497 e. The van der Waals surface area contributed by atoms with Crippen molar-refractivity contribution in [2.24, 2.45) is 0 Å². The zero-order chi connectivity index (χ0) is 21.2. The first-order chi connectivity index (χ1) is 14.7. The standard InChI is InChI=1S/C25H28N2O3/c1-19(26-17-18-30-23-15-13-22(29-2)14-16-23)25(28)27-24(20-9-5-3-6-10-20)21-11-7-4-8-12-21/h3-16,19,24,26H,17-18H2,1-2H3,(H,27,28)/t19-/m1/s1. The van der Waals surface area contributed by atoms with Gasteiger partial charge in [-0.15, -0.1) is 0 Å². The molecule has 0 aliphatic carbocycles. The Bertz CT molecular complexity index is 859. The minimum atomic E-state index is -0.348. The number of carbonyl (C=O) groups is 1. The van der Waals surface area contributed by atoms with Gasteiger partial charge in [-0.05, 0) is 42.3 Å². The van der Waals surface area contributed by atoms with Gasteiger partial charge < -0.3 is 20.1 Å². The summed E-state index contributed by atoms with van der Waals surface area (Å²) in [6, 6.07) is 26.9. The van der Waals surface area contributed by atoms with Crippen LogP contribution >= 0.6 is 0 Å². The monoisotopic (exact) mass is 404 g/mol. The van der Waals surface area contributed by atoms with Crippen LogP contribution in [0.2, 0.25) is 0 Å². The van der Waals surface area contributed by atoms with Crippen LogP contribution in [0.3, 0.4) is 0 Å². The van der Waals surface area contributed by atoms with E-state index in [4.69, 9.17) is 9.47 Å². The summed E-state index contributed by atoms with van der Waals surface area (Å²) in [5, 5.41) is 6.39. The molecule has 3 aromatic rings. The molecule has 156 valence electrons. The van der Waals surface area contributed by atoms with Crippen molar-refractivity contribution in [1.29, 1.82) is 0 Å².